The Morgan fingerprint density at radius 1 is 1.17 bits per heavy atom. The normalized spacial score (nSPS) is 40.5. The highest BCUT2D eigenvalue weighted by atomic mass is 16.6. The van der Waals surface area contributed by atoms with E-state index in [-0.39, 0.29) is 24.9 Å². The second-order valence-electron chi connectivity index (χ2n) is 11.1. The monoisotopic (exact) mass is 498 g/mol. The average Bonchev–Trinajstić information content (AvgIpc) is 3.25. The van der Waals surface area contributed by atoms with E-state index < -0.39 is 40.2 Å². The van der Waals surface area contributed by atoms with Crippen molar-refractivity contribution in [2.24, 2.45) is 16.7 Å². The molecule has 0 saturated heterocycles. The number of benzene rings is 1. The summed E-state index contributed by atoms with van der Waals surface area (Å²) in [7, 11) is 0. The van der Waals surface area contributed by atoms with Gasteiger partial charge in [0, 0.05) is 29.9 Å². The highest BCUT2D eigenvalue weighted by Gasteiger charge is 2.71. The number of carbonyl (C=O) groups excluding carboxylic acids is 2. The van der Waals surface area contributed by atoms with Crippen molar-refractivity contribution in [3.8, 4) is 0 Å². The predicted octanol–water partition coefficient (Wildman–Crippen LogP) is 3.98. The summed E-state index contributed by atoms with van der Waals surface area (Å²) in [6.07, 6.45) is 5.03. The molecule has 2 saturated carbocycles. The zero-order valence-corrected chi connectivity index (χ0v) is 21.8. The Hall–Kier alpha value is -2.48. The van der Waals surface area contributed by atoms with Crippen LogP contribution in [0.4, 0.5) is 0 Å². The van der Waals surface area contributed by atoms with Crippen molar-refractivity contribution < 1.29 is 34.0 Å². The molecular weight excluding hydrogens is 460 g/mol. The fourth-order valence-corrected chi connectivity index (χ4v) is 6.79. The van der Waals surface area contributed by atoms with E-state index in [1.54, 1.807) is 31.2 Å². The molecule has 1 aromatic rings. The van der Waals surface area contributed by atoms with E-state index in [2.05, 4.69) is 0 Å². The molecule has 4 rings (SSSR count). The molecule has 2 fully saturated rings. The lowest BCUT2D eigenvalue weighted by atomic mass is 9.41. The highest BCUT2D eigenvalue weighted by Crippen LogP contribution is 2.66. The Bertz CT molecular complexity index is 1060. The van der Waals surface area contributed by atoms with Crippen LogP contribution in [-0.4, -0.2) is 58.8 Å². The number of aliphatic hydroxyl groups excluding tert-OH is 1. The van der Waals surface area contributed by atoms with Gasteiger partial charge in [-0.3, -0.25) is 0 Å². The number of aliphatic hydroxyl groups is 2. The minimum absolute atomic E-state index is 0.156. The Morgan fingerprint density at radius 3 is 2.47 bits per heavy atom. The largest absolute Gasteiger partial charge is 0.458 e. The summed E-state index contributed by atoms with van der Waals surface area (Å²) in [5.41, 5.74) is -2.72. The maximum absolute atomic E-state index is 13.2. The van der Waals surface area contributed by atoms with Crippen LogP contribution in [0.5, 0.6) is 0 Å². The number of esters is 2. The molecule has 3 aliphatic rings. The van der Waals surface area contributed by atoms with E-state index in [4.69, 9.17) is 14.2 Å². The van der Waals surface area contributed by atoms with Gasteiger partial charge >= 0.3 is 11.9 Å². The number of fused-ring (bicyclic) bond motifs is 1. The molecule has 7 heteroatoms. The lowest BCUT2D eigenvalue weighted by molar-refractivity contribution is -0.300. The first kappa shape index (κ1) is 26.6. The zero-order valence-electron chi connectivity index (χ0n) is 21.8. The fraction of sp³-hybridized carbons (Fsp3) is 0.586. The van der Waals surface area contributed by atoms with E-state index in [1.165, 1.54) is 6.08 Å². The van der Waals surface area contributed by atoms with E-state index in [0.29, 0.717) is 25.0 Å². The number of ether oxygens (including phenoxy) is 3. The van der Waals surface area contributed by atoms with Crippen LogP contribution in [0.25, 0.3) is 0 Å². The van der Waals surface area contributed by atoms with Crippen LogP contribution in [0.1, 0.15) is 64.2 Å². The SMILES string of the molecule is CCO[C@@]1(C)C(O)CCC2[C@@]1(C)C(OC(=O)c1ccccc1)C[C@](C)(O)[C@]2(C)C=CC1=CC(=O)OC1. The Labute approximate surface area is 213 Å². The van der Waals surface area contributed by atoms with Gasteiger partial charge in [0.15, 0.2) is 0 Å². The lowest BCUT2D eigenvalue weighted by Crippen LogP contribution is -2.74. The summed E-state index contributed by atoms with van der Waals surface area (Å²) < 4.78 is 17.5. The molecule has 196 valence electrons. The van der Waals surface area contributed by atoms with Gasteiger partial charge in [-0.1, -0.05) is 44.2 Å². The molecule has 1 aromatic carbocycles. The summed E-state index contributed by atoms with van der Waals surface area (Å²) in [5.74, 6) is -1.06. The van der Waals surface area contributed by atoms with E-state index in [9.17, 15) is 19.8 Å². The average molecular weight is 499 g/mol. The topological polar surface area (TPSA) is 102 Å². The van der Waals surface area contributed by atoms with Crippen molar-refractivity contribution in [2.45, 2.75) is 77.3 Å². The van der Waals surface area contributed by atoms with Crippen molar-refractivity contribution in [1.29, 1.82) is 0 Å². The molecule has 36 heavy (non-hydrogen) atoms. The molecule has 2 N–H and O–H groups in total. The number of hydrogen-bond acceptors (Lipinski definition) is 7. The first-order chi connectivity index (χ1) is 16.9. The van der Waals surface area contributed by atoms with Crippen LogP contribution in [0.3, 0.4) is 0 Å². The number of hydrogen-bond donors (Lipinski definition) is 2. The molecule has 0 spiro atoms. The number of rotatable bonds is 6. The third-order valence-corrected chi connectivity index (χ3v) is 9.33. The molecule has 7 nitrogen and oxygen atoms in total. The molecule has 0 aromatic heterocycles. The molecule has 7 atom stereocenters. The van der Waals surface area contributed by atoms with Crippen LogP contribution >= 0.6 is 0 Å². The van der Waals surface area contributed by atoms with Gasteiger partial charge in [-0.05, 0) is 57.2 Å². The number of carbonyl (C=O) groups is 2. The molecule has 0 radical (unpaired) electrons. The molecule has 0 amide bonds. The van der Waals surface area contributed by atoms with E-state index in [0.717, 1.165) is 5.57 Å². The maximum atomic E-state index is 13.2. The van der Waals surface area contributed by atoms with Gasteiger partial charge in [0.25, 0.3) is 0 Å². The number of cyclic esters (lactones) is 1. The quantitative estimate of drug-likeness (QED) is 0.572. The van der Waals surface area contributed by atoms with Crippen molar-refractivity contribution in [1.82, 2.24) is 0 Å². The van der Waals surface area contributed by atoms with Gasteiger partial charge in [-0.25, -0.2) is 9.59 Å². The van der Waals surface area contributed by atoms with Crippen molar-refractivity contribution in [3.05, 3.63) is 59.7 Å². The minimum Gasteiger partial charge on any atom is -0.458 e. The molecule has 1 heterocycles. The summed E-state index contributed by atoms with van der Waals surface area (Å²) >= 11 is 0. The smallest absolute Gasteiger partial charge is 0.338 e. The van der Waals surface area contributed by atoms with Gasteiger partial charge < -0.3 is 24.4 Å². The maximum Gasteiger partial charge on any atom is 0.338 e. The third-order valence-electron chi connectivity index (χ3n) is 9.33. The van der Waals surface area contributed by atoms with Gasteiger partial charge in [-0.15, -0.1) is 0 Å². The van der Waals surface area contributed by atoms with E-state index in [1.807, 2.05) is 45.9 Å². The van der Waals surface area contributed by atoms with Crippen molar-refractivity contribution >= 4 is 11.9 Å². The highest BCUT2D eigenvalue weighted by molar-refractivity contribution is 5.89. The van der Waals surface area contributed by atoms with Crippen molar-refractivity contribution in [2.75, 3.05) is 13.2 Å². The first-order valence-electron chi connectivity index (χ1n) is 12.8. The zero-order chi connectivity index (χ0) is 26.4. The van der Waals surface area contributed by atoms with Gasteiger partial charge in [-0.2, -0.15) is 0 Å². The summed E-state index contributed by atoms with van der Waals surface area (Å²) in [4.78, 5) is 24.8. The van der Waals surface area contributed by atoms with Crippen molar-refractivity contribution in [3.63, 3.8) is 0 Å². The van der Waals surface area contributed by atoms with Gasteiger partial charge in [0.05, 0.1) is 17.3 Å². The molecule has 1 aliphatic heterocycles. The third kappa shape index (κ3) is 4.11. The van der Waals surface area contributed by atoms with Crippen LogP contribution in [0, 0.1) is 16.7 Å². The fourth-order valence-electron chi connectivity index (χ4n) is 6.79. The predicted molar refractivity (Wildman–Crippen MR) is 134 cm³/mol. The van der Waals surface area contributed by atoms with Gasteiger partial charge in [0.2, 0.25) is 0 Å². The standard InChI is InChI=1S/C29H38O7/c1-6-35-29(5)22(30)13-12-21-26(2,15-14-19-16-24(31)34-18-19)27(3,33)17-23(28(21,29)4)36-25(32)20-10-8-7-9-11-20/h7-11,14-16,21-23,30,33H,6,12-13,17-18H2,1-5H3/t21?,22?,23?,26-,27+,28+,29+/m1/s1. The lowest BCUT2D eigenvalue weighted by Gasteiger charge is -2.67. The second-order valence-corrected chi connectivity index (χ2v) is 11.1. The van der Waals surface area contributed by atoms with Crippen LogP contribution in [0.15, 0.2) is 54.1 Å². The summed E-state index contributed by atoms with van der Waals surface area (Å²) in [6.45, 7) is 10.1. The Morgan fingerprint density at radius 2 is 1.86 bits per heavy atom. The van der Waals surface area contributed by atoms with Crippen LogP contribution in [-0.2, 0) is 19.0 Å². The van der Waals surface area contributed by atoms with E-state index >= 15 is 0 Å². The van der Waals surface area contributed by atoms with Gasteiger partial charge in [0.1, 0.15) is 18.3 Å². The molecule has 0 bridgehead atoms. The molecule has 2 aliphatic carbocycles. The molecular formula is C29H38O7. The summed E-state index contributed by atoms with van der Waals surface area (Å²) in [5, 5.41) is 23.2. The molecule has 3 unspecified atom stereocenters. The summed E-state index contributed by atoms with van der Waals surface area (Å²) in [6, 6.07) is 8.79. The Kier molecular flexibility index (Phi) is 6.97. The Balaban J connectivity index is 1.80. The second kappa shape index (κ2) is 9.43. The minimum atomic E-state index is -1.26. The first-order valence-corrected chi connectivity index (χ1v) is 12.8. The van der Waals surface area contributed by atoms with Crippen LogP contribution < -0.4 is 0 Å². The van der Waals surface area contributed by atoms with Crippen LogP contribution in [0.2, 0.25) is 0 Å².